The second-order valence-electron chi connectivity index (χ2n) is 9.06. The first-order chi connectivity index (χ1) is 17.8. The first-order valence-corrected chi connectivity index (χ1v) is 13.0. The maximum absolute atomic E-state index is 2.35. The van der Waals surface area contributed by atoms with Gasteiger partial charge in [0.25, 0.3) is 0 Å². The molecule has 0 unspecified atom stereocenters. The van der Waals surface area contributed by atoms with E-state index in [2.05, 4.69) is 144 Å². The monoisotopic (exact) mass is 477 g/mol. The second-order valence-corrected chi connectivity index (χ2v) is 10.1. The van der Waals surface area contributed by atoms with E-state index in [0.717, 1.165) is 17.1 Å². The molecule has 7 rings (SSSR count). The summed E-state index contributed by atoms with van der Waals surface area (Å²) in [5, 5.41) is 5.26. The summed E-state index contributed by atoms with van der Waals surface area (Å²) in [6.07, 6.45) is 0. The van der Waals surface area contributed by atoms with Gasteiger partial charge in [0.05, 0.1) is 0 Å². The van der Waals surface area contributed by atoms with Crippen molar-refractivity contribution in [1.82, 2.24) is 0 Å². The molecule has 0 N–H and O–H groups in total. The molecular formula is C34H23NS. The maximum Gasteiger partial charge on any atom is 0.0462 e. The number of benzene rings is 6. The summed E-state index contributed by atoms with van der Waals surface area (Å²) in [5.41, 5.74) is 5.91. The van der Waals surface area contributed by atoms with Gasteiger partial charge in [0.2, 0.25) is 0 Å². The van der Waals surface area contributed by atoms with E-state index in [4.69, 9.17) is 0 Å². The quantitative estimate of drug-likeness (QED) is 0.244. The van der Waals surface area contributed by atoms with Gasteiger partial charge in [-0.15, -0.1) is 11.3 Å². The van der Waals surface area contributed by atoms with Gasteiger partial charge in [-0.1, -0.05) is 78.9 Å². The van der Waals surface area contributed by atoms with Crippen molar-refractivity contribution >= 4 is 59.3 Å². The lowest BCUT2D eigenvalue weighted by Gasteiger charge is -2.25. The summed E-state index contributed by atoms with van der Waals surface area (Å²) in [4.78, 5) is 2.30. The average molecular weight is 478 g/mol. The summed E-state index contributed by atoms with van der Waals surface area (Å²) in [7, 11) is 0. The van der Waals surface area contributed by atoms with E-state index < -0.39 is 0 Å². The molecule has 0 aliphatic heterocycles. The van der Waals surface area contributed by atoms with Crippen LogP contribution in [0.4, 0.5) is 17.1 Å². The van der Waals surface area contributed by atoms with Gasteiger partial charge in [0.1, 0.15) is 0 Å². The first-order valence-electron chi connectivity index (χ1n) is 12.2. The Morgan fingerprint density at radius 3 is 1.58 bits per heavy atom. The van der Waals surface area contributed by atoms with Crippen molar-refractivity contribution in [2.75, 3.05) is 4.90 Å². The van der Waals surface area contributed by atoms with E-state index in [-0.39, 0.29) is 0 Å². The zero-order chi connectivity index (χ0) is 23.9. The van der Waals surface area contributed by atoms with Crippen molar-refractivity contribution in [3.8, 4) is 11.1 Å². The summed E-state index contributed by atoms with van der Waals surface area (Å²) < 4.78 is 2.68. The van der Waals surface area contributed by atoms with E-state index in [1.807, 2.05) is 11.3 Å². The van der Waals surface area contributed by atoms with Crippen molar-refractivity contribution in [2.24, 2.45) is 0 Å². The van der Waals surface area contributed by atoms with Gasteiger partial charge >= 0.3 is 0 Å². The predicted molar refractivity (Wildman–Crippen MR) is 157 cm³/mol. The number of anilines is 3. The summed E-state index contributed by atoms with van der Waals surface area (Å²) in [6, 6.07) is 50.1. The van der Waals surface area contributed by atoms with Gasteiger partial charge in [-0.2, -0.15) is 0 Å². The molecule has 1 heterocycles. The Morgan fingerprint density at radius 2 is 0.917 bits per heavy atom. The SMILES string of the molecule is c1ccc(N(c2ccccc2)c2ccc(-c3ccc4sc5cc6ccccc6cc5c4c3)cc2)cc1. The minimum Gasteiger partial charge on any atom is -0.311 e. The molecule has 170 valence electrons. The fraction of sp³-hybridized carbons (Fsp3) is 0. The third-order valence-electron chi connectivity index (χ3n) is 6.83. The van der Waals surface area contributed by atoms with Crippen molar-refractivity contribution < 1.29 is 0 Å². The highest BCUT2D eigenvalue weighted by molar-refractivity contribution is 7.25. The number of nitrogens with zero attached hydrogens (tertiary/aromatic N) is 1. The largest absolute Gasteiger partial charge is 0.311 e. The Morgan fingerprint density at radius 1 is 0.389 bits per heavy atom. The molecule has 0 saturated heterocycles. The molecule has 2 heteroatoms. The van der Waals surface area contributed by atoms with Crippen LogP contribution in [-0.2, 0) is 0 Å². The van der Waals surface area contributed by atoms with Crippen molar-refractivity contribution in [3.05, 3.63) is 140 Å². The average Bonchev–Trinajstić information content (AvgIpc) is 3.30. The number of para-hydroxylation sites is 2. The number of hydrogen-bond donors (Lipinski definition) is 0. The molecule has 1 nitrogen and oxygen atoms in total. The topological polar surface area (TPSA) is 3.24 Å². The molecule has 36 heavy (non-hydrogen) atoms. The molecule has 0 bridgehead atoms. The van der Waals surface area contributed by atoms with E-state index in [0.29, 0.717) is 0 Å². The van der Waals surface area contributed by atoms with Crippen molar-refractivity contribution in [1.29, 1.82) is 0 Å². The molecule has 0 fully saturated rings. The van der Waals surface area contributed by atoms with Gasteiger partial charge in [-0.25, -0.2) is 0 Å². The van der Waals surface area contributed by atoms with E-state index in [1.54, 1.807) is 0 Å². The summed E-state index contributed by atoms with van der Waals surface area (Å²) in [6.45, 7) is 0. The fourth-order valence-corrected chi connectivity index (χ4v) is 6.16. The summed E-state index contributed by atoms with van der Waals surface area (Å²) >= 11 is 1.88. The number of thiophene rings is 1. The highest BCUT2D eigenvalue weighted by atomic mass is 32.1. The van der Waals surface area contributed by atoms with Crippen LogP contribution >= 0.6 is 11.3 Å². The van der Waals surface area contributed by atoms with Gasteiger partial charge in [0.15, 0.2) is 0 Å². The Bertz CT molecular complexity index is 1780. The Hall–Kier alpha value is -4.40. The molecule has 0 aliphatic carbocycles. The lowest BCUT2D eigenvalue weighted by Crippen LogP contribution is -2.09. The third-order valence-corrected chi connectivity index (χ3v) is 7.96. The van der Waals surface area contributed by atoms with E-state index in [1.165, 1.54) is 42.1 Å². The van der Waals surface area contributed by atoms with Gasteiger partial charge < -0.3 is 4.90 Å². The van der Waals surface area contributed by atoms with Crippen LogP contribution in [0.25, 0.3) is 42.1 Å². The lowest BCUT2D eigenvalue weighted by molar-refractivity contribution is 1.28. The van der Waals surface area contributed by atoms with Crippen LogP contribution in [0, 0.1) is 0 Å². The molecule has 6 aromatic carbocycles. The minimum absolute atomic E-state index is 1.14. The predicted octanol–water partition coefficient (Wildman–Crippen LogP) is 10.3. The third kappa shape index (κ3) is 3.64. The van der Waals surface area contributed by atoms with Gasteiger partial charge in [0, 0.05) is 37.2 Å². The van der Waals surface area contributed by atoms with Gasteiger partial charge in [-0.3, -0.25) is 0 Å². The van der Waals surface area contributed by atoms with Crippen molar-refractivity contribution in [3.63, 3.8) is 0 Å². The Labute approximate surface area is 214 Å². The minimum atomic E-state index is 1.14. The molecule has 0 aliphatic rings. The second kappa shape index (κ2) is 8.67. The van der Waals surface area contributed by atoms with Crippen LogP contribution in [-0.4, -0.2) is 0 Å². The van der Waals surface area contributed by atoms with Gasteiger partial charge in [-0.05, 0) is 82.6 Å². The Kier molecular flexibility index (Phi) is 5.04. The van der Waals surface area contributed by atoms with E-state index >= 15 is 0 Å². The molecule has 0 amide bonds. The standard InChI is InChI=1S/C34H23NS/c1-3-11-28(12-4-1)35(29-13-5-2-6-14-29)30-18-15-24(16-19-30)27-17-20-33-31(22-27)32-21-25-9-7-8-10-26(25)23-34(32)36-33/h1-23H. The molecule has 0 atom stereocenters. The van der Waals surface area contributed by atoms with Crippen LogP contribution in [0.1, 0.15) is 0 Å². The lowest BCUT2D eigenvalue weighted by atomic mass is 10.0. The molecule has 7 aromatic rings. The number of fused-ring (bicyclic) bond motifs is 4. The van der Waals surface area contributed by atoms with Crippen LogP contribution in [0.5, 0.6) is 0 Å². The normalized spacial score (nSPS) is 11.3. The number of hydrogen-bond acceptors (Lipinski definition) is 2. The first kappa shape index (κ1) is 20.9. The highest BCUT2D eigenvalue weighted by Crippen LogP contribution is 2.39. The van der Waals surface area contributed by atoms with Crippen LogP contribution in [0.3, 0.4) is 0 Å². The molecule has 0 radical (unpaired) electrons. The summed E-state index contributed by atoms with van der Waals surface area (Å²) in [5.74, 6) is 0. The van der Waals surface area contributed by atoms with Crippen LogP contribution < -0.4 is 4.90 Å². The number of rotatable bonds is 4. The zero-order valence-corrected chi connectivity index (χ0v) is 20.5. The van der Waals surface area contributed by atoms with Crippen LogP contribution in [0.15, 0.2) is 140 Å². The van der Waals surface area contributed by atoms with Crippen molar-refractivity contribution in [2.45, 2.75) is 0 Å². The Balaban J connectivity index is 1.30. The molecule has 0 spiro atoms. The van der Waals surface area contributed by atoms with Crippen LogP contribution in [0.2, 0.25) is 0 Å². The molecular weight excluding hydrogens is 454 g/mol. The maximum atomic E-state index is 2.35. The highest BCUT2D eigenvalue weighted by Gasteiger charge is 2.13. The van der Waals surface area contributed by atoms with E-state index in [9.17, 15) is 0 Å². The fourth-order valence-electron chi connectivity index (χ4n) is 5.05. The smallest absolute Gasteiger partial charge is 0.0462 e. The molecule has 1 aromatic heterocycles. The molecule has 0 saturated carbocycles. The zero-order valence-electron chi connectivity index (χ0n) is 19.6.